The van der Waals surface area contributed by atoms with E-state index in [1.165, 1.54) is 0 Å². The molecule has 66 valence electrons. The van der Waals surface area contributed by atoms with E-state index in [1.54, 1.807) is 11.3 Å². The molecule has 0 aliphatic heterocycles. The van der Waals surface area contributed by atoms with Crippen molar-refractivity contribution in [1.29, 1.82) is 0 Å². The molecule has 1 aromatic rings. The summed E-state index contributed by atoms with van der Waals surface area (Å²) in [5.74, 6) is -1.15. The van der Waals surface area contributed by atoms with Gasteiger partial charge >= 0.3 is 5.97 Å². The van der Waals surface area contributed by atoms with Gasteiger partial charge in [-0.05, 0) is 35.2 Å². The molecular weight excluding hydrogens is 176 g/mol. The molecule has 1 unspecified atom stereocenters. The Morgan fingerprint density at radius 1 is 1.67 bits per heavy atom. The Morgan fingerprint density at radius 3 is 2.92 bits per heavy atom. The lowest BCUT2D eigenvalue weighted by atomic mass is 10.1. The highest BCUT2D eigenvalue weighted by Crippen LogP contribution is 2.09. The summed E-state index contributed by atoms with van der Waals surface area (Å²) in [6.45, 7) is 0. The number of carboxylic acids is 1. The van der Waals surface area contributed by atoms with Crippen LogP contribution in [0.2, 0.25) is 0 Å². The second kappa shape index (κ2) is 4.23. The SMILES string of the molecule is O=C(O)C(O)CCc1ccsc1. The Hall–Kier alpha value is -0.870. The Kier molecular flexibility index (Phi) is 3.25. The fraction of sp³-hybridized carbons (Fsp3) is 0.375. The quantitative estimate of drug-likeness (QED) is 0.741. The number of aryl methyl sites for hydroxylation is 1. The van der Waals surface area contributed by atoms with Gasteiger partial charge in [0.15, 0.2) is 6.10 Å². The summed E-state index contributed by atoms with van der Waals surface area (Å²) >= 11 is 1.57. The molecule has 0 saturated heterocycles. The van der Waals surface area contributed by atoms with Crippen LogP contribution in [0.5, 0.6) is 0 Å². The highest BCUT2D eigenvalue weighted by Gasteiger charge is 2.12. The van der Waals surface area contributed by atoms with Crippen molar-refractivity contribution in [3.63, 3.8) is 0 Å². The Balaban J connectivity index is 2.31. The lowest BCUT2D eigenvalue weighted by molar-refractivity contribution is -0.146. The van der Waals surface area contributed by atoms with Crippen molar-refractivity contribution in [1.82, 2.24) is 0 Å². The van der Waals surface area contributed by atoms with Crippen molar-refractivity contribution in [3.8, 4) is 0 Å². The number of carbonyl (C=O) groups is 1. The van der Waals surface area contributed by atoms with E-state index in [0.29, 0.717) is 6.42 Å². The zero-order chi connectivity index (χ0) is 8.97. The molecule has 0 aromatic carbocycles. The highest BCUT2D eigenvalue weighted by atomic mass is 32.1. The first-order chi connectivity index (χ1) is 5.70. The molecule has 0 fully saturated rings. The van der Waals surface area contributed by atoms with Gasteiger partial charge in [0, 0.05) is 0 Å². The van der Waals surface area contributed by atoms with Crippen LogP contribution in [0.4, 0.5) is 0 Å². The molecule has 1 atom stereocenters. The summed E-state index contributed by atoms with van der Waals surface area (Å²) < 4.78 is 0. The standard InChI is InChI=1S/C8H10O3S/c9-7(8(10)11)2-1-6-3-4-12-5-6/h3-5,7,9H,1-2H2,(H,10,11). The van der Waals surface area contributed by atoms with E-state index in [4.69, 9.17) is 10.2 Å². The first kappa shape index (κ1) is 9.22. The Morgan fingerprint density at radius 2 is 2.42 bits per heavy atom. The summed E-state index contributed by atoms with van der Waals surface area (Å²) in [5, 5.41) is 21.2. The van der Waals surface area contributed by atoms with Crippen molar-refractivity contribution in [3.05, 3.63) is 22.4 Å². The fourth-order valence-corrected chi connectivity index (χ4v) is 1.56. The average Bonchev–Trinajstić information content (AvgIpc) is 2.51. The van der Waals surface area contributed by atoms with Crippen molar-refractivity contribution in [2.24, 2.45) is 0 Å². The molecule has 0 bridgehead atoms. The molecule has 0 amide bonds. The maximum Gasteiger partial charge on any atom is 0.332 e. The normalized spacial score (nSPS) is 12.8. The summed E-state index contributed by atoms with van der Waals surface area (Å²) in [4.78, 5) is 10.2. The number of rotatable bonds is 4. The highest BCUT2D eigenvalue weighted by molar-refractivity contribution is 7.07. The topological polar surface area (TPSA) is 57.5 Å². The second-order valence-corrected chi connectivity index (χ2v) is 3.30. The predicted octanol–water partition coefficient (Wildman–Crippen LogP) is 1.13. The Labute approximate surface area is 74.3 Å². The molecule has 1 aromatic heterocycles. The van der Waals surface area contributed by atoms with E-state index in [2.05, 4.69) is 0 Å². The van der Waals surface area contributed by atoms with Crippen molar-refractivity contribution < 1.29 is 15.0 Å². The second-order valence-electron chi connectivity index (χ2n) is 2.52. The number of hydrogen-bond acceptors (Lipinski definition) is 3. The van der Waals surface area contributed by atoms with Crippen LogP contribution >= 0.6 is 11.3 Å². The van der Waals surface area contributed by atoms with Crippen LogP contribution < -0.4 is 0 Å². The fourth-order valence-electron chi connectivity index (χ4n) is 0.862. The molecule has 0 aliphatic rings. The average molecular weight is 186 g/mol. The van der Waals surface area contributed by atoms with Crippen LogP contribution in [0.3, 0.4) is 0 Å². The minimum absolute atomic E-state index is 0.284. The molecule has 3 nitrogen and oxygen atoms in total. The number of aliphatic hydroxyl groups excluding tert-OH is 1. The van der Waals surface area contributed by atoms with Gasteiger partial charge in [0.2, 0.25) is 0 Å². The van der Waals surface area contributed by atoms with Crippen molar-refractivity contribution in [2.45, 2.75) is 18.9 Å². The lowest BCUT2D eigenvalue weighted by Gasteiger charge is -2.02. The van der Waals surface area contributed by atoms with Gasteiger partial charge in [0.1, 0.15) is 0 Å². The van der Waals surface area contributed by atoms with Gasteiger partial charge in [-0.3, -0.25) is 0 Å². The first-order valence-electron chi connectivity index (χ1n) is 3.62. The van der Waals surface area contributed by atoms with Crippen molar-refractivity contribution >= 4 is 17.3 Å². The summed E-state index contributed by atoms with van der Waals surface area (Å²) in [5.41, 5.74) is 1.08. The number of aliphatic hydroxyl groups is 1. The predicted molar refractivity (Wildman–Crippen MR) is 46.3 cm³/mol. The number of hydrogen-bond donors (Lipinski definition) is 2. The van der Waals surface area contributed by atoms with E-state index in [9.17, 15) is 4.79 Å². The summed E-state index contributed by atoms with van der Waals surface area (Å²) in [6.07, 6.45) is -0.326. The largest absolute Gasteiger partial charge is 0.479 e. The van der Waals surface area contributed by atoms with Gasteiger partial charge in [-0.15, -0.1) is 0 Å². The zero-order valence-electron chi connectivity index (χ0n) is 6.43. The van der Waals surface area contributed by atoms with Crippen LogP contribution in [0.25, 0.3) is 0 Å². The smallest absolute Gasteiger partial charge is 0.332 e. The maximum absolute atomic E-state index is 10.2. The maximum atomic E-state index is 10.2. The van der Waals surface area contributed by atoms with Crippen LogP contribution in [0.15, 0.2) is 16.8 Å². The van der Waals surface area contributed by atoms with E-state index in [0.717, 1.165) is 5.56 Å². The molecule has 0 saturated carbocycles. The van der Waals surface area contributed by atoms with Gasteiger partial charge in [-0.2, -0.15) is 11.3 Å². The van der Waals surface area contributed by atoms with Crippen LogP contribution in [0, 0.1) is 0 Å². The third-order valence-electron chi connectivity index (χ3n) is 1.57. The molecule has 1 heterocycles. The molecule has 12 heavy (non-hydrogen) atoms. The first-order valence-corrected chi connectivity index (χ1v) is 4.56. The van der Waals surface area contributed by atoms with E-state index in [-0.39, 0.29) is 6.42 Å². The lowest BCUT2D eigenvalue weighted by Crippen LogP contribution is -2.19. The van der Waals surface area contributed by atoms with Crippen LogP contribution in [-0.2, 0) is 11.2 Å². The van der Waals surface area contributed by atoms with Gasteiger partial charge < -0.3 is 10.2 Å². The molecule has 0 aliphatic carbocycles. The molecule has 2 N–H and O–H groups in total. The third-order valence-corrected chi connectivity index (χ3v) is 2.30. The zero-order valence-corrected chi connectivity index (χ0v) is 7.25. The number of aliphatic carboxylic acids is 1. The van der Waals surface area contributed by atoms with Crippen LogP contribution in [-0.4, -0.2) is 22.3 Å². The Bertz CT molecular complexity index is 243. The molecule has 1 rings (SSSR count). The summed E-state index contributed by atoms with van der Waals surface area (Å²) in [7, 11) is 0. The minimum atomic E-state index is -1.23. The molecule has 0 radical (unpaired) electrons. The number of thiophene rings is 1. The summed E-state index contributed by atoms with van der Waals surface area (Å²) in [6, 6.07) is 1.93. The van der Waals surface area contributed by atoms with Gasteiger partial charge in [0.25, 0.3) is 0 Å². The van der Waals surface area contributed by atoms with E-state index >= 15 is 0 Å². The van der Waals surface area contributed by atoms with Gasteiger partial charge in [0.05, 0.1) is 0 Å². The molecular formula is C8H10O3S. The number of carboxylic acid groups (broad SMARTS) is 1. The monoisotopic (exact) mass is 186 g/mol. The third kappa shape index (κ3) is 2.64. The van der Waals surface area contributed by atoms with Gasteiger partial charge in [-0.1, -0.05) is 0 Å². The van der Waals surface area contributed by atoms with Gasteiger partial charge in [-0.25, -0.2) is 4.79 Å². The van der Waals surface area contributed by atoms with E-state index in [1.807, 2.05) is 16.8 Å². The molecule has 0 spiro atoms. The minimum Gasteiger partial charge on any atom is -0.479 e. The molecule has 4 heteroatoms. The van der Waals surface area contributed by atoms with Crippen molar-refractivity contribution in [2.75, 3.05) is 0 Å². The van der Waals surface area contributed by atoms with E-state index < -0.39 is 12.1 Å². The van der Waals surface area contributed by atoms with Crippen LogP contribution in [0.1, 0.15) is 12.0 Å².